The minimum absolute atomic E-state index is 0.365. The third-order valence-electron chi connectivity index (χ3n) is 5.80. The van der Waals surface area contributed by atoms with Crippen LogP contribution in [0.4, 0.5) is 26.3 Å². The number of ether oxygens (including phenoxy) is 3. The normalized spacial score (nSPS) is 24.2. The highest BCUT2D eigenvalue weighted by Crippen LogP contribution is 2.36. The summed E-state index contributed by atoms with van der Waals surface area (Å²) < 4.78 is 80.9. The van der Waals surface area contributed by atoms with Gasteiger partial charge in [0.1, 0.15) is 5.75 Å². The number of carboxylic acids is 2. The molecule has 1 aromatic heterocycles. The quantitative estimate of drug-likeness (QED) is 0.528. The lowest BCUT2D eigenvalue weighted by molar-refractivity contribution is -0.193. The SMILES string of the molecule is Clc1cncc(OC[C@H]2CO[C@@H]3CN(C4CCOCC4)C[C@H]23)c1.O=C(O)C(F)(F)F.O=C(O)C(F)(F)F. The highest BCUT2D eigenvalue weighted by molar-refractivity contribution is 6.30. The number of hydrogen-bond donors (Lipinski definition) is 2. The molecule has 1 aromatic rings. The summed E-state index contributed by atoms with van der Waals surface area (Å²) in [6.07, 6.45) is -4.18. The largest absolute Gasteiger partial charge is 0.492 e. The predicted molar refractivity (Wildman–Crippen MR) is 114 cm³/mol. The van der Waals surface area contributed by atoms with Gasteiger partial charge in [0.05, 0.1) is 30.5 Å². The molecule has 16 heteroatoms. The summed E-state index contributed by atoms with van der Waals surface area (Å²) >= 11 is 5.95. The number of aliphatic carboxylic acids is 2. The Bertz CT molecular complexity index is 875. The number of nitrogens with zero attached hydrogens (tertiary/aromatic N) is 2. The number of pyridine rings is 1. The van der Waals surface area contributed by atoms with E-state index in [1.54, 1.807) is 12.4 Å². The van der Waals surface area contributed by atoms with E-state index in [4.69, 9.17) is 45.6 Å². The van der Waals surface area contributed by atoms with Crippen LogP contribution in [0.15, 0.2) is 18.5 Å². The molecule has 37 heavy (non-hydrogen) atoms. The Morgan fingerprint density at radius 1 is 1.05 bits per heavy atom. The van der Waals surface area contributed by atoms with Gasteiger partial charge in [-0.15, -0.1) is 0 Å². The molecule has 0 saturated carbocycles. The van der Waals surface area contributed by atoms with Gasteiger partial charge in [0.2, 0.25) is 0 Å². The van der Waals surface area contributed by atoms with Gasteiger partial charge in [0, 0.05) is 56.4 Å². The molecule has 4 heterocycles. The Balaban J connectivity index is 0.000000286. The van der Waals surface area contributed by atoms with E-state index in [1.165, 1.54) is 0 Å². The molecule has 3 fully saturated rings. The van der Waals surface area contributed by atoms with Gasteiger partial charge in [-0.25, -0.2) is 9.59 Å². The second-order valence-electron chi connectivity index (χ2n) is 8.35. The molecule has 210 valence electrons. The standard InChI is InChI=1S/C17H23ClN2O3.2C2HF3O2/c18-13-5-15(7-19-6-13)22-10-12-11-23-17-9-20(8-16(12)17)14-1-3-21-4-2-14;2*3-2(4,5)1(6)7/h5-7,12,14,16-17H,1-4,8-11H2;2*(H,6,7)/t12-,16+,17+;;/m0../s1. The molecule has 3 atom stereocenters. The van der Waals surface area contributed by atoms with Gasteiger partial charge in [-0.3, -0.25) is 9.88 Å². The van der Waals surface area contributed by atoms with Crippen molar-refractivity contribution in [3.8, 4) is 5.75 Å². The zero-order valence-electron chi connectivity index (χ0n) is 19.2. The number of halogens is 7. The van der Waals surface area contributed by atoms with E-state index in [-0.39, 0.29) is 0 Å². The molecule has 9 nitrogen and oxygen atoms in total. The van der Waals surface area contributed by atoms with Crippen molar-refractivity contribution >= 4 is 23.5 Å². The molecule has 0 radical (unpaired) electrons. The van der Waals surface area contributed by atoms with Crippen molar-refractivity contribution in [2.24, 2.45) is 11.8 Å². The molecule has 0 bridgehead atoms. The number of carboxylic acid groups (broad SMARTS) is 2. The molecule has 0 unspecified atom stereocenters. The fraction of sp³-hybridized carbons (Fsp3) is 0.667. The van der Waals surface area contributed by atoms with Crippen LogP contribution in [0.3, 0.4) is 0 Å². The third-order valence-corrected chi connectivity index (χ3v) is 6.01. The number of alkyl halides is 6. The minimum atomic E-state index is -5.08. The Morgan fingerprint density at radius 2 is 1.62 bits per heavy atom. The van der Waals surface area contributed by atoms with Crippen LogP contribution < -0.4 is 4.74 Å². The van der Waals surface area contributed by atoms with E-state index in [2.05, 4.69) is 9.88 Å². The van der Waals surface area contributed by atoms with Crippen LogP contribution in [0, 0.1) is 11.8 Å². The first-order valence-electron chi connectivity index (χ1n) is 11.0. The predicted octanol–water partition coefficient (Wildman–Crippen LogP) is 3.51. The molecular weight excluding hydrogens is 542 g/mol. The molecule has 3 aliphatic heterocycles. The van der Waals surface area contributed by atoms with Crippen LogP contribution in [0.1, 0.15) is 12.8 Å². The molecule has 0 amide bonds. The van der Waals surface area contributed by atoms with Gasteiger partial charge in [-0.05, 0) is 12.8 Å². The highest BCUT2D eigenvalue weighted by Gasteiger charge is 2.45. The molecule has 0 aromatic carbocycles. The minimum Gasteiger partial charge on any atom is -0.492 e. The summed E-state index contributed by atoms with van der Waals surface area (Å²) in [5, 5.41) is 14.9. The van der Waals surface area contributed by atoms with Crippen molar-refractivity contribution in [3.63, 3.8) is 0 Å². The summed E-state index contributed by atoms with van der Waals surface area (Å²) in [5.41, 5.74) is 0. The van der Waals surface area contributed by atoms with E-state index in [0.717, 1.165) is 51.5 Å². The summed E-state index contributed by atoms with van der Waals surface area (Å²) in [6, 6.07) is 2.47. The first-order valence-corrected chi connectivity index (χ1v) is 11.3. The first kappa shape index (κ1) is 30.9. The van der Waals surface area contributed by atoms with Crippen molar-refractivity contribution in [2.75, 3.05) is 39.5 Å². The van der Waals surface area contributed by atoms with Gasteiger partial charge in [-0.2, -0.15) is 26.3 Å². The van der Waals surface area contributed by atoms with Crippen molar-refractivity contribution in [3.05, 3.63) is 23.5 Å². The Kier molecular flexibility index (Phi) is 11.2. The van der Waals surface area contributed by atoms with Crippen LogP contribution >= 0.6 is 11.6 Å². The van der Waals surface area contributed by atoms with Gasteiger partial charge >= 0.3 is 24.3 Å². The van der Waals surface area contributed by atoms with E-state index in [0.29, 0.717) is 35.6 Å². The maximum absolute atomic E-state index is 10.6. The van der Waals surface area contributed by atoms with Gasteiger partial charge < -0.3 is 24.4 Å². The third kappa shape index (κ3) is 10.1. The molecular formula is C21H25ClF6N2O7. The lowest BCUT2D eigenvalue weighted by Gasteiger charge is -2.31. The average Bonchev–Trinajstić information content (AvgIpc) is 3.39. The molecule has 0 spiro atoms. The fourth-order valence-electron chi connectivity index (χ4n) is 4.02. The van der Waals surface area contributed by atoms with Gasteiger partial charge in [0.25, 0.3) is 0 Å². The van der Waals surface area contributed by atoms with E-state index in [9.17, 15) is 26.3 Å². The lowest BCUT2D eigenvalue weighted by Crippen LogP contribution is -2.39. The van der Waals surface area contributed by atoms with E-state index < -0.39 is 24.3 Å². The maximum atomic E-state index is 10.6. The lowest BCUT2D eigenvalue weighted by atomic mass is 9.94. The zero-order chi connectivity index (χ0) is 27.8. The topological polar surface area (TPSA) is 118 Å². The smallest absolute Gasteiger partial charge is 0.490 e. The summed E-state index contributed by atoms with van der Waals surface area (Å²) in [6.45, 7) is 5.44. The van der Waals surface area contributed by atoms with Crippen LogP contribution in [0.2, 0.25) is 5.02 Å². The number of likely N-dealkylation sites (tertiary alicyclic amines) is 1. The van der Waals surface area contributed by atoms with Crippen LogP contribution in [-0.4, -0.2) is 96.1 Å². The molecule has 3 saturated heterocycles. The van der Waals surface area contributed by atoms with Crippen molar-refractivity contribution in [2.45, 2.75) is 37.3 Å². The first-order chi connectivity index (χ1) is 17.2. The summed E-state index contributed by atoms with van der Waals surface area (Å²) in [7, 11) is 0. The number of rotatable bonds is 4. The van der Waals surface area contributed by atoms with E-state index in [1.807, 2.05) is 6.07 Å². The number of carbonyl (C=O) groups is 2. The van der Waals surface area contributed by atoms with Crippen LogP contribution in [0.5, 0.6) is 5.75 Å². The monoisotopic (exact) mass is 566 g/mol. The second kappa shape index (κ2) is 13.4. The summed E-state index contributed by atoms with van der Waals surface area (Å²) in [4.78, 5) is 24.5. The Labute approximate surface area is 212 Å². The molecule has 4 rings (SSSR count). The van der Waals surface area contributed by atoms with Crippen molar-refractivity contribution < 1.29 is 60.4 Å². The Hall–Kier alpha value is -2.36. The van der Waals surface area contributed by atoms with Crippen molar-refractivity contribution in [1.29, 1.82) is 0 Å². The number of aromatic nitrogens is 1. The molecule has 2 N–H and O–H groups in total. The maximum Gasteiger partial charge on any atom is 0.490 e. The zero-order valence-corrected chi connectivity index (χ0v) is 19.9. The van der Waals surface area contributed by atoms with Gasteiger partial charge in [0.15, 0.2) is 0 Å². The van der Waals surface area contributed by atoms with Crippen LogP contribution in [-0.2, 0) is 19.1 Å². The van der Waals surface area contributed by atoms with Crippen LogP contribution in [0.25, 0.3) is 0 Å². The molecule has 0 aliphatic carbocycles. The number of fused-ring (bicyclic) bond motifs is 1. The van der Waals surface area contributed by atoms with Gasteiger partial charge in [-0.1, -0.05) is 11.6 Å². The number of hydrogen-bond acceptors (Lipinski definition) is 7. The second-order valence-corrected chi connectivity index (χ2v) is 8.79. The van der Waals surface area contributed by atoms with Crippen molar-refractivity contribution in [1.82, 2.24) is 9.88 Å². The Morgan fingerprint density at radius 3 is 2.14 bits per heavy atom. The average molecular weight is 567 g/mol. The highest BCUT2D eigenvalue weighted by atomic mass is 35.5. The van der Waals surface area contributed by atoms with E-state index >= 15 is 0 Å². The fourth-order valence-corrected chi connectivity index (χ4v) is 4.19. The summed E-state index contributed by atoms with van der Waals surface area (Å²) in [5.74, 6) is -3.76. The molecule has 3 aliphatic rings.